The predicted octanol–water partition coefficient (Wildman–Crippen LogP) is 5.86. The van der Waals surface area contributed by atoms with Gasteiger partial charge in [-0.2, -0.15) is 0 Å². The van der Waals surface area contributed by atoms with Crippen molar-refractivity contribution in [2.45, 2.75) is 25.2 Å². The summed E-state index contributed by atoms with van der Waals surface area (Å²) >= 11 is 11.9. The van der Waals surface area contributed by atoms with Gasteiger partial charge in [-0.1, -0.05) is 53.5 Å². The SMILES string of the molecule is O=C(COC(=O)c1ccc(N2C(=O)[C@@H]3CC[C@@H](c4ccccc4)C[C@H]3C2=O)cc1)Nc1ccc(Cl)cc1Cl. The molecule has 1 saturated heterocycles. The Labute approximate surface area is 229 Å². The summed E-state index contributed by atoms with van der Waals surface area (Å²) in [6, 6.07) is 20.7. The van der Waals surface area contributed by atoms with E-state index < -0.39 is 18.5 Å². The summed E-state index contributed by atoms with van der Waals surface area (Å²) in [5, 5.41) is 3.23. The molecule has 3 atom stereocenters. The molecule has 0 aromatic heterocycles. The molecule has 5 rings (SSSR count). The molecule has 1 aliphatic heterocycles. The lowest BCUT2D eigenvalue weighted by molar-refractivity contribution is -0.122. The minimum Gasteiger partial charge on any atom is -0.452 e. The van der Waals surface area contributed by atoms with Crippen molar-refractivity contribution in [2.75, 3.05) is 16.8 Å². The number of anilines is 2. The van der Waals surface area contributed by atoms with E-state index in [1.807, 2.05) is 18.2 Å². The number of nitrogens with one attached hydrogen (secondary N) is 1. The van der Waals surface area contributed by atoms with Crippen molar-refractivity contribution in [3.05, 3.63) is 94.0 Å². The van der Waals surface area contributed by atoms with Crippen molar-refractivity contribution >= 4 is 58.3 Å². The van der Waals surface area contributed by atoms with Crippen LogP contribution in [0.15, 0.2) is 72.8 Å². The lowest BCUT2D eigenvalue weighted by atomic mass is 9.73. The van der Waals surface area contributed by atoms with Crippen molar-refractivity contribution < 1.29 is 23.9 Å². The number of benzene rings is 3. The Hall–Kier alpha value is -3.68. The quantitative estimate of drug-likeness (QED) is 0.306. The van der Waals surface area contributed by atoms with Crippen LogP contribution in [0.5, 0.6) is 0 Å². The zero-order valence-corrected chi connectivity index (χ0v) is 21.7. The summed E-state index contributed by atoms with van der Waals surface area (Å²) < 4.78 is 5.10. The first-order chi connectivity index (χ1) is 18.3. The summed E-state index contributed by atoms with van der Waals surface area (Å²) in [6.07, 6.45) is 2.17. The fraction of sp³-hybridized carbons (Fsp3) is 0.241. The lowest BCUT2D eigenvalue weighted by Crippen LogP contribution is -2.30. The standard InChI is InChI=1S/C29H24Cl2N2O5/c30-20-9-13-25(24(31)15-20)32-26(34)16-38-29(37)18-6-10-21(11-7-18)33-27(35)22-12-8-19(14-23(22)28(33)36)17-4-2-1-3-5-17/h1-7,9-11,13,15,19,22-23H,8,12,14,16H2,(H,32,34)/t19-,22-,23-/m1/s1. The van der Waals surface area contributed by atoms with Gasteiger partial charge in [-0.3, -0.25) is 19.3 Å². The number of nitrogens with zero attached hydrogens (tertiary/aromatic N) is 1. The van der Waals surface area contributed by atoms with E-state index in [2.05, 4.69) is 17.4 Å². The molecule has 1 saturated carbocycles. The second-order valence-electron chi connectivity index (χ2n) is 9.44. The zero-order valence-electron chi connectivity index (χ0n) is 20.2. The molecule has 2 fully saturated rings. The van der Waals surface area contributed by atoms with E-state index in [-0.39, 0.29) is 40.2 Å². The number of halogens is 2. The average Bonchev–Trinajstić information content (AvgIpc) is 3.18. The Morgan fingerprint density at radius 1 is 0.895 bits per heavy atom. The van der Waals surface area contributed by atoms with Gasteiger partial charge in [0, 0.05) is 5.02 Å². The summed E-state index contributed by atoms with van der Waals surface area (Å²) in [5.41, 5.74) is 2.14. The molecule has 194 valence electrons. The highest BCUT2D eigenvalue weighted by molar-refractivity contribution is 6.36. The molecule has 0 spiro atoms. The first-order valence-electron chi connectivity index (χ1n) is 12.3. The number of imide groups is 1. The van der Waals surface area contributed by atoms with Crippen LogP contribution in [0.1, 0.15) is 41.1 Å². The molecule has 0 radical (unpaired) electrons. The van der Waals surface area contributed by atoms with Gasteiger partial charge in [0.15, 0.2) is 6.61 Å². The smallest absolute Gasteiger partial charge is 0.338 e. The van der Waals surface area contributed by atoms with Crippen LogP contribution in [0.4, 0.5) is 11.4 Å². The fourth-order valence-electron chi connectivity index (χ4n) is 5.20. The zero-order chi connectivity index (χ0) is 26.8. The van der Waals surface area contributed by atoms with Crippen molar-refractivity contribution in [3.63, 3.8) is 0 Å². The number of hydrogen-bond donors (Lipinski definition) is 1. The molecule has 3 aromatic carbocycles. The van der Waals surface area contributed by atoms with Gasteiger partial charge in [-0.25, -0.2) is 4.79 Å². The van der Waals surface area contributed by atoms with Crippen molar-refractivity contribution in [3.8, 4) is 0 Å². The van der Waals surface area contributed by atoms with Gasteiger partial charge in [-0.05, 0) is 73.2 Å². The Balaban J connectivity index is 1.20. The first kappa shape index (κ1) is 25.9. The second kappa shape index (κ2) is 11.0. The lowest BCUT2D eigenvalue weighted by Gasteiger charge is -2.28. The minimum atomic E-state index is -0.715. The molecule has 3 aromatic rings. The van der Waals surface area contributed by atoms with Crippen molar-refractivity contribution in [1.82, 2.24) is 0 Å². The van der Waals surface area contributed by atoms with Crippen LogP contribution in [0, 0.1) is 11.8 Å². The highest BCUT2D eigenvalue weighted by atomic mass is 35.5. The van der Waals surface area contributed by atoms with E-state index >= 15 is 0 Å². The van der Waals surface area contributed by atoms with Gasteiger partial charge < -0.3 is 10.1 Å². The molecular formula is C29H24Cl2N2O5. The third kappa shape index (κ3) is 5.30. The van der Waals surface area contributed by atoms with E-state index in [9.17, 15) is 19.2 Å². The highest BCUT2D eigenvalue weighted by Crippen LogP contribution is 2.45. The fourth-order valence-corrected chi connectivity index (χ4v) is 5.66. The van der Waals surface area contributed by atoms with Crippen LogP contribution in [0.2, 0.25) is 10.0 Å². The van der Waals surface area contributed by atoms with Gasteiger partial charge in [-0.15, -0.1) is 0 Å². The molecule has 7 nitrogen and oxygen atoms in total. The van der Waals surface area contributed by atoms with Gasteiger partial charge in [0.25, 0.3) is 5.91 Å². The maximum absolute atomic E-state index is 13.3. The van der Waals surface area contributed by atoms with Gasteiger partial charge in [0.1, 0.15) is 0 Å². The van der Waals surface area contributed by atoms with Crippen LogP contribution < -0.4 is 10.2 Å². The van der Waals surface area contributed by atoms with E-state index in [0.717, 1.165) is 6.42 Å². The Bertz CT molecular complexity index is 1390. The number of esters is 1. The molecule has 1 N–H and O–H groups in total. The second-order valence-corrected chi connectivity index (χ2v) is 10.3. The van der Waals surface area contributed by atoms with Crippen molar-refractivity contribution in [2.24, 2.45) is 11.8 Å². The van der Waals surface area contributed by atoms with Gasteiger partial charge in [0.2, 0.25) is 11.8 Å². The monoisotopic (exact) mass is 550 g/mol. The van der Waals surface area contributed by atoms with E-state index in [0.29, 0.717) is 29.2 Å². The third-order valence-corrected chi connectivity index (χ3v) is 7.65. The molecular weight excluding hydrogens is 527 g/mol. The maximum Gasteiger partial charge on any atom is 0.338 e. The molecule has 3 amide bonds. The van der Waals surface area contributed by atoms with Gasteiger partial charge in [0.05, 0.1) is 33.8 Å². The summed E-state index contributed by atoms with van der Waals surface area (Å²) in [6.45, 7) is -0.519. The third-order valence-electron chi connectivity index (χ3n) is 7.10. The molecule has 0 unspecified atom stereocenters. The van der Waals surface area contributed by atoms with Crippen LogP contribution in [-0.4, -0.2) is 30.3 Å². The molecule has 1 aliphatic carbocycles. The number of carbonyl (C=O) groups excluding carboxylic acids is 4. The molecule has 38 heavy (non-hydrogen) atoms. The minimum absolute atomic E-state index is 0.187. The summed E-state index contributed by atoms with van der Waals surface area (Å²) in [4.78, 5) is 52.3. The highest BCUT2D eigenvalue weighted by Gasteiger charge is 2.50. The van der Waals surface area contributed by atoms with Gasteiger partial charge >= 0.3 is 5.97 Å². The van der Waals surface area contributed by atoms with Crippen LogP contribution >= 0.6 is 23.2 Å². The predicted molar refractivity (Wildman–Crippen MR) is 144 cm³/mol. The molecule has 9 heteroatoms. The number of fused-ring (bicyclic) bond motifs is 1. The van der Waals surface area contributed by atoms with E-state index in [1.165, 1.54) is 28.7 Å². The Kier molecular flexibility index (Phi) is 7.49. The number of amides is 3. The number of carbonyl (C=O) groups is 4. The van der Waals surface area contributed by atoms with E-state index in [4.69, 9.17) is 27.9 Å². The van der Waals surface area contributed by atoms with E-state index in [1.54, 1.807) is 24.3 Å². The maximum atomic E-state index is 13.3. The topological polar surface area (TPSA) is 92.8 Å². The molecule has 1 heterocycles. The Morgan fingerprint density at radius 2 is 1.61 bits per heavy atom. The van der Waals surface area contributed by atoms with Crippen LogP contribution in [0.3, 0.4) is 0 Å². The largest absolute Gasteiger partial charge is 0.452 e. The number of hydrogen-bond acceptors (Lipinski definition) is 5. The summed E-state index contributed by atoms with van der Waals surface area (Å²) in [7, 11) is 0. The van der Waals surface area contributed by atoms with Crippen LogP contribution in [-0.2, 0) is 19.1 Å². The average molecular weight is 551 g/mol. The number of ether oxygens (including phenoxy) is 1. The normalized spacial score (nSPS) is 20.7. The van der Waals surface area contributed by atoms with Crippen LogP contribution in [0.25, 0.3) is 0 Å². The molecule has 0 bridgehead atoms. The number of rotatable bonds is 6. The molecule has 2 aliphatic rings. The first-order valence-corrected chi connectivity index (χ1v) is 13.0. The Morgan fingerprint density at radius 3 is 2.32 bits per heavy atom. The van der Waals surface area contributed by atoms with Crippen molar-refractivity contribution in [1.29, 1.82) is 0 Å². The summed E-state index contributed by atoms with van der Waals surface area (Å²) in [5.74, 6) is -2.10.